The Kier molecular flexibility index (Phi) is 8.36. The lowest BCUT2D eigenvalue weighted by atomic mass is 10.1. The molecule has 0 saturated heterocycles. The number of nitrogens with zero attached hydrogens (tertiary/aromatic N) is 3. The van der Waals surface area contributed by atoms with Crippen molar-refractivity contribution < 1.29 is 0 Å². The summed E-state index contributed by atoms with van der Waals surface area (Å²) >= 11 is 0. The van der Waals surface area contributed by atoms with Crippen LogP contribution in [0.3, 0.4) is 0 Å². The number of nitrogen functional groups attached to an aromatic ring is 3. The minimum atomic E-state index is 0.707. The van der Waals surface area contributed by atoms with Gasteiger partial charge in [0.1, 0.15) is 0 Å². The Hall–Kier alpha value is -6.66. The van der Waals surface area contributed by atoms with Gasteiger partial charge < -0.3 is 31.9 Å². The molecule has 0 saturated carbocycles. The molecule has 0 aliphatic heterocycles. The van der Waals surface area contributed by atoms with Crippen molar-refractivity contribution in [3.8, 4) is 0 Å². The Morgan fingerprint density at radius 3 is 0.667 bits per heavy atom. The molecule has 6 nitrogen and oxygen atoms in total. The first kappa shape index (κ1) is 30.0. The molecule has 0 aromatic heterocycles. The Bertz CT molecular complexity index is 1820. The molecule has 0 aliphatic carbocycles. The van der Waals surface area contributed by atoms with Crippen molar-refractivity contribution >= 4 is 68.2 Å². The summed E-state index contributed by atoms with van der Waals surface area (Å²) in [5, 5.41) is 0. The third-order valence-electron chi connectivity index (χ3n) is 8.16. The van der Waals surface area contributed by atoms with Crippen molar-refractivity contribution in [2.24, 2.45) is 0 Å². The van der Waals surface area contributed by atoms with Gasteiger partial charge in [-0.1, -0.05) is 54.6 Å². The predicted molar refractivity (Wildman–Crippen MR) is 204 cm³/mol. The van der Waals surface area contributed by atoms with Crippen molar-refractivity contribution in [3.05, 3.63) is 182 Å². The second kappa shape index (κ2) is 13.4. The molecule has 0 unspecified atom stereocenters. The van der Waals surface area contributed by atoms with Gasteiger partial charge in [0.25, 0.3) is 0 Å². The smallest absolute Gasteiger partial charge is 0.0503 e. The van der Waals surface area contributed by atoms with Crippen LogP contribution in [0, 0.1) is 0 Å². The Morgan fingerprint density at radius 2 is 0.438 bits per heavy atom. The number of nitrogens with two attached hydrogens (primary N) is 3. The Balaban J connectivity index is 1.53. The van der Waals surface area contributed by atoms with Crippen LogP contribution in [0.15, 0.2) is 182 Å². The molecule has 6 heteroatoms. The first-order valence-electron chi connectivity index (χ1n) is 15.8. The maximum absolute atomic E-state index is 6.16. The molecule has 6 N–H and O–H groups in total. The highest BCUT2D eigenvalue weighted by Gasteiger charge is 2.22. The molecule has 48 heavy (non-hydrogen) atoms. The fourth-order valence-electron chi connectivity index (χ4n) is 5.91. The molecule has 234 valence electrons. The molecule has 7 aromatic rings. The molecule has 0 amide bonds. The molecule has 0 fully saturated rings. The van der Waals surface area contributed by atoms with Crippen LogP contribution >= 0.6 is 0 Å². The third kappa shape index (κ3) is 6.36. The first-order chi connectivity index (χ1) is 23.5. The van der Waals surface area contributed by atoms with Crippen LogP contribution in [-0.4, -0.2) is 0 Å². The Labute approximate surface area is 281 Å². The number of para-hydroxylation sites is 3. The zero-order chi connectivity index (χ0) is 32.9. The third-order valence-corrected chi connectivity index (χ3v) is 8.16. The van der Waals surface area contributed by atoms with Crippen LogP contribution in [-0.2, 0) is 0 Å². The lowest BCUT2D eigenvalue weighted by Gasteiger charge is -2.33. The largest absolute Gasteiger partial charge is 0.399 e. The molecular weight excluding hydrogens is 589 g/mol. The van der Waals surface area contributed by atoms with Gasteiger partial charge in [0.05, 0.1) is 17.1 Å². The molecular formula is C42H36N6. The lowest BCUT2D eigenvalue weighted by Crippen LogP contribution is -2.16. The number of hydrogen-bond acceptors (Lipinski definition) is 6. The van der Waals surface area contributed by atoms with E-state index in [9.17, 15) is 0 Å². The van der Waals surface area contributed by atoms with Crippen LogP contribution < -0.4 is 31.9 Å². The summed E-state index contributed by atoms with van der Waals surface area (Å²) < 4.78 is 0. The summed E-state index contributed by atoms with van der Waals surface area (Å²) in [6.45, 7) is 0. The van der Waals surface area contributed by atoms with Crippen LogP contribution in [0.4, 0.5) is 68.2 Å². The van der Waals surface area contributed by atoms with Crippen molar-refractivity contribution in [2.45, 2.75) is 0 Å². The van der Waals surface area contributed by atoms with Crippen LogP contribution in [0.5, 0.6) is 0 Å². The van der Waals surface area contributed by atoms with Gasteiger partial charge in [-0.25, -0.2) is 0 Å². The van der Waals surface area contributed by atoms with Crippen molar-refractivity contribution in [2.75, 3.05) is 31.9 Å². The van der Waals surface area contributed by atoms with Gasteiger partial charge >= 0.3 is 0 Å². The van der Waals surface area contributed by atoms with E-state index in [1.807, 2.05) is 54.6 Å². The van der Waals surface area contributed by atoms with Crippen LogP contribution in [0.1, 0.15) is 0 Å². The maximum Gasteiger partial charge on any atom is 0.0503 e. The molecule has 0 spiro atoms. The molecule has 7 aromatic carbocycles. The minimum Gasteiger partial charge on any atom is -0.399 e. The molecule has 0 heterocycles. The fraction of sp³-hybridized carbons (Fsp3) is 0. The summed E-state index contributed by atoms with van der Waals surface area (Å²) in [6, 6.07) is 61.7. The first-order valence-corrected chi connectivity index (χ1v) is 15.8. The van der Waals surface area contributed by atoms with E-state index in [0.29, 0.717) is 17.1 Å². The van der Waals surface area contributed by atoms with E-state index in [-0.39, 0.29) is 0 Å². The summed E-state index contributed by atoms with van der Waals surface area (Å²) in [7, 11) is 0. The quantitative estimate of drug-likeness (QED) is 0.139. The molecule has 0 atom stereocenters. The highest BCUT2D eigenvalue weighted by molar-refractivity contribution is 5.89. The number of rotatable bonds is 9. The average molecular weight is 625 g/mol. The molecule has 0 aliphatic rings. The molecule has 0 radical (unpaired) electrons. The predicted octanol–water partition coefficient (Wildman–Crippen LogP) is 10.8. The van der Waals surface area contributed by atoms with Gasteiger partial charge in [-0.15, -0.1) is 0 Å². The highest BCUT2D eigenvalue weighted by Crippen LogP contribution is 2.45. The van der Waals surface area contributed by atoms with Crippen molar-refractivity contribution in [1.82, 2.24) is 0 Å². The average Bonchev–Trinajstić information content (AvgIpc) is 3.13. The van der Waals surface area contributed by atoms with E-state index < -0.39 is 0 Å². The highest BCUT2D eigenvalue weighted by atomic mass is 15.2. The second-order valence-electron chi connectivity index (χ2n) is 11.5. The van der Waals surface area contributed by atoms with Gasteiger partial charge in [0.2, 0.25) is 0 Å². The molecule has 7 rings (SSSR count). The van der Waals surface area contributed by atoms with E-state index in [1.165, 1.54) is 0 Å². The van der Waals surface area contributed by atoms with E-state index in [0.717, 1.165) is 51.2 Å². The van der Waals surface area contributed by atoms with E-state index >= 15 is 0 Å². The van der Waals surface area contributed by atoms with Crippen LogP contribution in [0.25, 0.3) is 0 Å². The second-order valence-corrected chi connectivity index (χ2v) is 11.5. The summed E-state index contributed by atoms with van der Waals surface area (Å²) in [5.74, 6) is 0. The SMILES string of the molecule is Nc1ccc(N(c2ccccc2)c2cc(N(c3ccccc3)c3ccc(N)cc3)cc(N(c3ccccc3)c3ccc(N)cc3)c2)cc1. The van der Waals surface area contributed by atoms with E-state index in [2.05, 4.69) is 142 Å². The minimum absolute atomic E-state index is 0.707. The standard InChI is InChI=1S/C42H36N6/c43-31-16-22-37(23-17-31)46(34-10-4-1-5-11-34)40-28-41(47(35-12-6-2-7-13-35)38-24-18-32(44)19-25-38)30-42(29-40)48(36-14-8-3-9-15-36)39-26-20-33(45)21-27-39/h1-30H,43-45H2. The zero-order valence-corrected chi connectivity index (χ0v) is 26.4. The van der Waals surface area contributed by atoms with Gasteiger partial charge in [-0.05, 0) is 127 Å². The summed E-state index contributed by atoms with van der Waals surface area (Å²) in [5.41, 5.74) is 29.5. The van der Waals surface area contributed by atoms with E-state index in [1.54, 1.807) is 0 Å². The number of anilines is 12. The topological polar surface area (TPSA) is 87.8 Å². The summed E-state index contributed by atoms with van der Waals surface area (Å²) in [4.78, 5) is 6.76. The number of benzene rings is 7. The van der Waals surface area contributed by atoms with Crippen molar-refractivity contribution in [3.63, 3.8) is 0 Å². The van der Waals surface area contributed by atoms with Gasteiger partial charge in [-0.3, -0.25) is 0 Å². The van der Waals surface area contributed by atoms with Gasteiger partial charge in [0.15, 0.2) is 0 Å². The monoisotopic (exact) mass is 624 g/mol. The maximum atomic E-state index is 6.16. The fourth-order valence-corrected chi connectivity index (χ4v) is 5.91. The van der Waals surface area contributed by atoms with Crippen molar-refractivity contribution in [1.29, 1.82) is 0 Å². The summed E-state index contributed by atoms with van der Waals surface area (Å²) in [6.07, 6.45) is 0. The van der Waals surface area contributed by atoms with Crippen LogP contribution in [0.2, 0.25) is 0 Å². The Morgan fingerprint density at radius 1 is 0.229 bits per heavy atom. The molecule has 0 bridgehead atoms. The van der Waals surface area contributed by atoms with Gasteiger partial charge in [0, 0.05) is 51.2 Å². The van der Waals surface area contributed by atoms with Gasteiger partial charge in [-0.2, -0.15) is 0 Å². The lowest BCUT2D eigenvalue weighted by molar-refractivity contribution is 1.22. The number of hydrogen-bond donors (Lipinski definition) is 3. The normalized spacial score (nSPS) is 10.8. The van der Waals surface area contributed by atoms with E-state index in [4.69, 9.17) is 17.2 Å². The zero-order valence-electron chi connectivity index (χ0n) is 26.4.